The van der Waals surface area contributed by atoms with Gasteiger partial charge in [0.05, 0.1) is 16.3 Å². The van der Waals surface area contributed by atoms with E-state index in [1.807, 2.05) is 12.3 Å². The number of carbonyl (C=O) groups is 2. The summed E-state index contributed by atoms with van der Waals surface area (Å²) in [5.74, 6) is -0.744. The Morgan fingerprint density at radius 1 is 1.07 bits per heavy atom. The predicted molar refractivity (Wildman–Crippen MR) is 119 cm³/mol. The standard InChI is InChI=1S/C22H22ClN3O2S/c1-12-9-14(3)17(10-13(12)2)19-11-29-22(25-19)26-20(27)15(4)24-21(28)16-7-5-6-8-18(16)23/h5-11,15H,1-4H3,(H,24,28)(H,25,26,27)/t15-/m0/s1. The molecule has 1 heterocycles. The first kappa shape index (κ1) is 21.0. The van der Waals surface area contributed by atoms with Crippen molar-refractivity contribution in [2.75, 3.05) is 5.32 Å². The topological polar surface area (TPSA) is 71.1 Å². The molecule has 0 aliphatic rings. The van der Waals surface area contributed by atoms with Crippen molar-refractivity contribution in [3.63, 3.8) is 0 Å². The number of rotatable bonds is 5. The van der Waals surface area contributed by atoms with Gasteiger partial charge in [0, 0.05) is 10.9 Å². The summed E-state index contributed by atoms with van der Waals surface area (Å²) in [7, 11) is 0. The molecule has 5 nitrogen and oxygen atoms in total. The monoisotopic (exact) mass is 427 g/mol. The molecule has 0 fully saturated rings. The van der Waals surface area contributed by atoms with Crippen molar-refractivity contribution in [1.29, 1.82) is 0 Å². The maximum Gasteiger partial charge on any atom is 0.253 e. The van der Waals surface area contributed by atoms with Gasteiger partial charge < -0.3 is 10.6 Å². The Hall–Kier alpha value is -2.70. The van der Waals surface area contributed by atoms with E-state index in [1.165, 1.54) is 22.5 Å². The predicted octanol–water partition coefficient (Wildman–Crippen LogP) is 5.15. The van der Waals surface area contributed by atoms with Crippen LogP contribution in [0.15, 0.2) is 41.8 Å². The molecule has 0 aliphatic carbocycles. The number of hydrogen-bond acceptors (Lipinski definition) is 4. The zero-order valence-electron chi connectivity index (χ0n) is 16.7. The van der Waals surface area contributed by atoms with Crippen molar-refractivity contribution in [3.8, 4) is 11.3 Å². The van der Waals surface area contributed by atoms with Gasteiger partial charge >= 0.3 is 0 Å². The molecule has 0 saturated carbocycles. The van der Waals surface area contributed by atoms with E-state index >= 15 is 0 Å². The molecule has 0 unspecified atom stereocenters. The summed E-state index contributed by atoms with van der Waals surface area (Å²) in [5.41, 5.74) is 5.76. The van der Waals surface area contributed by atoms with E-state index in [2.05, 4.69) is 41.6 Å². The van der Waals surface area contributed by atoms with Gasteiger partial charge in [0.25, 0.3) is 5.91 Å². The zero-order chi connectivity index (χ0) is 21.1. The van der Waals surface area contributed by atoms with Gasteiger partial charge in [0.2, 0.25) is 5.91 Å². The van der Waals surface area contributed by atoms with Crippen LogP contribution in [0.1, 0.15) is 34.0 Å². The third-order valence-electron chi connectivity index (χ3n) is 4.71. The van der Waals surface area contributed by atoms with Gasteiger partial charge in [0.1, 0.15) is 6.04 Å². The number of anilines is 1. The van der Waals surface area contributed by atoms with Crippen LogP contribution in [0.3, 0.4) is 0 Å². The molecule has 0 aliphatic heterocycles. The first-order valence-electron chi connectivity index (χ1n) is 9.16. The molecular formula is C22H22ClN3O2S. The molecule has 1 aromatic heterocycles. The number of benzene rings is 2. The summed E-state index contributed by atoms with van der Waals surface area (Å²) < 4.78 is 0. The second kappa shape index (κ2) is 8.76. The van der Waals surface area contributed by atoms with E-state index in [1.54, 1.807) is 31.2 Å². The molecule has 150 valence electrons. The first-order chi connectivity index (χ1) is 13.8. The molecule has 1 atom stereocenters. The van der Waals surface area contributed by atoms with E-state index in [9.17, 15) is 9.59 Å². The largest absolute Gasteiger partial charge is 0.340 e. The average Bonchev–Trinajstić information content (AvgIpc) is 3.13. The van der Waals surface area contributed by atoms with Gasteiger partial charge in [-0.2, -0.15) is 0 Å². The number of nitrogens with one attached hydrogen (secondary N) is 2. The highest BCUT2D eigenvalue weighted by atomic mass is 35.5. The van der Waals surface area contributed by atoms with Crippen LogP contribution >= 0.6 is 22.9 Å². The van der Waals surface area contributed by atoms with Gasteiger partial charge in [-0.1, -0.05) is 29.8 Å². The minimum absolute atomic E-state index is 0.329. The summed E-state index contributed by atoms with van der Waals surface area (Å²) in [6, 6.07) is 10.2. The van der Waals surface area contributed by atoms with Crippen molar-refractivity contribution in [3.05, 3.63) is 69.1 Å². The summed E-state index contributed by atoms with van der Waals surface area (Å²) >= 11 is 7.39. The fraction of sp³-hybridized carbons (Fsp3) is 0.227. The molecule has 0 bridgehead atoms. The summed E-state index contributed by atoms with van der Waals surface area (Å²) in [4.78, 5) is 29.4. The fourth-order valence-corrected chi connectivity index (χ4v) is 3.83. The molecule has 2 aromatic carbocycles. The van der Waals surface area contributed by atoms with Crippen LogP contribution in [0.25, 0.3) is 11.3 Å². The molecule has 0 saturated heterocycles. The number of thiazole rings is 1. The summed E-state index contributed by atoms with van der Waals surface area (Å²) in [5, 5.41) is 8.17. The van der Waals surface area contributed by atoms with Gasteiger partial charge in [0.15, 0.2) is 5.13 Å². The van der Waals surface area contributed by atoms with Crippen molar-refractivity contribution in [2.45, 2.75) is 33.7 Å². The Balaban J connectivity index is 1.68. The molecule has 0 radical (unpaired) electrons. The second-order valence-electron chi connectivity index (χ2n) is 6.95. The zero-order valence-corrected chi connectivity index (χ0v) is 18.2. The molecule has 0 spiro atoms. The lowest BCUT2D eigenvalue weighted by Gasteiger charge is -2.13. The lowest BCUT2D eigenvalue weighted by molar-refractivity contribution is -0.117. The number of carbonyl (C=O) groups excluding carboxylic acids is 2. The SMILES string of the molecule is Cc1cc(C)c(-c2csc(NC(=O)[C@H](C)NC(=O)c3ccccc3Cl)n2)cc1C. The molecule has 29 heavy (non-hydrogen) atoms. The van der Waals surface area contributed by atoms with Crippen molar-refractivity contribution in [1.82, 2.24) is 10.3 Å². The smallest absolute Gasteiger partial charge is 0.253 e. The van der Waals surface area contributed by atoms with E-state index in [-0.39, 0.29) is 5.91 Å². The molecule has 2 amide bonds. The van der Waals surface area contributed by atoms with Gasteiger partial charge in [-0.25, -0.2) is 4.98 Å². The number of amides is 2. The van der Waals surface area contributed by atoms with Crippen LogP contribution in [0.5, 0.6) is 0 Å². The highest BCUT2D eigenvalue weighted by Crippen LogP contribution is 2.29. The fourth-order valence-electron chi connectivity index (χ4n) is 2.89. The van der Waals surface area contributed by atoms with E-state index in [4.69, 9.17) is 11.6 Å². The third-order valence-corrected chi connectivity index (χ3v) is 5.80. The van der Waals surface area contributed by atoms with Crippen LogP contribution in [-0.2, 0) is 4.79 Å². The Labute approximate surface area is 179 Å². The average molecular weight is 428 g/mol. The van der Waals surface area contributed by atoms with Crippen LogP contribution in [0.4, 0.5) is 5.13 Å². The number of halogens is 1. The van der Waals surface area contributed by atoms with Crippen LogP contribution in [-0.4, -0.2) is 22.8 Å². The quantitative estimate of drug-likeness (QED) is 0.591. The van der Waals surface area contributed by atoms with Crippen molar-refractivity contribution >= 4 is 39.9 Å². The number of aromatic nitrogens is 1. The molecule has 7 heteroatoms. The van der Waals surface area contributed by atoms with Crippen molar-refractivity contribution < 1.29 is 9.59 Å². The maximum absolute atomic E-state index is 12.5. The van der Waals surface area contributed by atoms with Gasteiger partial charge in [-0.3, -0.25) is 9.59 Å². The minimum Gasteiger partial charge on any atom is -0.340 e. The lowest BCUT2D eigenvalue weighted by atomic mass is 9.99. The van der Waals surface area contributed by atoms with Crippen LogP contribution in [0, 0.1) is 20.8 Å². The molecular weight excluding hydrogens is 406 g/mol. The Kier molecular flexibility index (Phi) is 6.35. The Morgan fingerprint density at radius 3 is 2.48 bits per heavy atom. The Bertz CT molecular complexity index is 1080. The van der Waals surface area contributed by atoms with Crippen molar-refractivity contribution in [2.24, 2.45) is 0 Å². The highest BCUT2D eigenvalue weighted by molar-refractivity contribution is 7.14. The van der Waals surface area contributed by atoms with E-state index in [0.29, 0.717) is 15.7 Å². The minimum atomic E-state index is -0.741. The molecule has 3 rings (SSSR count). The highest BCUT2D eigenvalue weighted by Gasteiger charge is 2.19. The number of hydrogen-bond donors (Lipinski definition) is 2. The summed E-state index contributed by atoms with van der Waals surface area (Å²) in [6.45, 7) is 7.81. The lowest BCUT2D eigenvalue weighted by Crippen LogP contribution is -2.41. The van der Waals surface area contributed by atoms with E-state index < -0.39 is 11.9 Å². The van der Waals surface area contributed by atoms with Gasteiger partial charge in [-0.05, 0) is 62.6 Å². The van der Waals surface area contributed by atoms with E-state index in [0.717, 1.165) is 16.8 Å². The Morgan fingerprint density at radius 2 is 1.76 bits per heavy atom. The van der Waals surface area contributed by atoms with Gasteiger partial charge in [-0.15, -0.1) is 11.3 Å². The third kappa shape index (κ3) is 4.83. The summed E-state index contributed by atoms with van der Waals surface area (Å²) in [6.07, 6.45) is 0. The molecule has 2 N–H and O–H groups in total. The molecule has 3 aromatic rings. The normalized spacial score (nSPS) is 11.8. The number of nitrogens with zero attached hydrogens (tertiary/aromatic N) is 1. The second-order valence-corrected chi connectivity index (χ2v) is 8.22. The van der Waals surface area contributed by atoms with Crippen LogP contribution in [0.2, 0.25) is 5.02 Å². The van der Waals surface area contributed by atoms with Crippen LogP contribution < -0.4 is 10.6 Å². The number of aryl methyl sites for hydroxylation is 3. The first-order valence-corrected chi connectivity index (χ1v) is 10.4. The maximum atomic E-state index is 12.5.